The average Bonchev–Trinajstić information content (AvgIpc) is 2.32. The molecule has 0 heterocycles. The molecule has 90 valence electrons. The highest BCUT2D eigenvalue weighted by Crippen LogP contribution is 2.15. The molecule has 3 nitrogen and oxygen atoms in total. The molecule has 0 radical (unpaired) electrons. The molecule has 17 heavy (non-hydrogen) atoms. The Morgan fingerprint density at radius 2 is 2.35 bits per heavy atom. The van der Waals surface area contributed by atoms with Gasteiger partial charge >= 0.3 is 0 Å². The van der Waals surface area contributed by atoms with Gasteiger partial charge in [0.25, 0.3) is 0 Å². The van der Waals surface area contributed by atoms with Crippen LogP contribution in [0.2, 0.25) is 0 Å². The lowest BCUT2D eigenvalue weighted by Crippen LogP contribution is -2.29. The average molecular weight is 299 g/mol. The summed E-state index contributed by atoms with van der Waals surface area (Å²) in [4.78, 5) is 11.5. The van der Waals surface area contributed by atoms with Gasteiger partial charge in [0, 0.05) is 16.6 Å². The zero-order chi connectivity index (χ0) is 12.8. The summed E-state index contributed by atoms with van der Waals surface area (Å²) >= 11 is 3.23. The van der Waals surface area contributed by atoms with Crippen molar-refractivity contribution in [2.75, 3.05) is 0 Å². The third-order valence-electron chi connectivity index (χ3n) is 2.34. The first-order valence-corrected chi connectivity index (χ1v) is 5.99. The van der Waals surface area contributed by atoms with Crippen molar-refractivity contribution in [3.63, 3.8) is 0 Å². The molecule has 0 aliphatic rings. The Morgan fingerprint density at radius 3 is 2.94 bits per heavy atom. The molecular formula is C12H12BrFN2O. The zero-order valence-corrected chi connectivity index (χ0v) is 10.9. The predicted molar refractivity (Wildman–Crippen MR) is 65.3 cm³/mol. The van der Waals surface area contributed by atoms with Crippen LogP contribution in [0.1, 0.15) is 18.9 Å². The normalized spacial score (nSPS) is 11.6. The Kier molecular flexibility index (Phi) is 5.11. The molecule has 0 saturated carbocycles. The molecular weight excluding hydrogens is 287 g/mol. The molecule has 0 saturated heterocycles. The van der Waals surface area contributed by atoms with Gasteiger partial charge in [-0.05, 0) is 24.6 Å². The van der Waals surface area contributed by atoms with E-state index in [-0.39, 0.29) is 18.3 Å². The van der Waals surface area contributed by atoms with Crippen molar-refractivity contribution >= 4 is 21.8 Å². The molecule has 0 aromatic heterocycles. The summed E-state index contributed by atoms with van der Waals surface area (Å²) in [6, 6.07) is 6.41. The summed E-state index contributed by atoms with van der Waals surface area (Å²) in [6.45, 7) is 1.84. The van der Waals surface area contributed by atoms with Crippen LogP contribution in [0.15, 0.2) is 22.7 Å². The van der Waals surface area contributed by atoms with Crippen molar-refractivity contribution in [2.24, 2.45) is 5.92 Å². The first kappa shape index (κ1) is 13.7. The lowest BCUT2D eigenvalue weighted by Gasteiger charge is -2.09. The number of rotatable bonds is 4. The van der Waals surface area contributed by atoms with Gasteiger partial charge in [0.2, 0.25) is 5.91 Å². The smallest absolute Gasteiger partial charge is 0.237 e. The summed E-state index contributed by atoms with van der Waals surface area (Å²) in [5.74, 6) is -1.42. The van der Waals surface area contributed by atoms with Crippen LogP contribution in [0.25, 0.3) is 0 Å². The maximum Gasteiger partial charge on any atom is 0.237 e. The minimum atomic E-state index is -0.676. The molecule has 0 aliphatic heterocycles. The first-order chi connectivity index (χ1) is 8.08. The van der Waals surface area contributed by atoms with Crippen LogP contribution < -0.4 is 5.32 Å². The van der Waals surface area contributed by atoms with E-state index in [1.54, 1.807) is 19.1 Å². The molecule has 1 amide bonds. The molecule has 0 aliphatic carbocycles. The fourth-order valence-electron chi connectivity index (χ4n) is 1.32. The van der Waals surface area contributed by atoms with E-state index in [4.69, 9.17) is 5.26 Å². The highest BCUT2D eigenvalue weighted by atomic mass is 79.9. The second-order valence-corrected chi connectivity index (χ2v) is 4.46. The molecule has 5 heteroatoms. The van der Waals surface area contributed by atoms with Gasteiger partial charge in [0.1, 0.15) is 11.7 Å². The molecule has 0 fully saturated rings. The lowest BCUT2D eigenvalue weighted by atomic mass is 10.1. The van der Waals surface area contributed by atoms with E-state index < -0.39 is 5.92 Å². The number of nitrogens with one attached hydrogen (secondary N) is 1. The number of benzene rings is 1. The van der Waals surface area contributed by atoms with Gasteiger partial charge in [-0.15, -0.1) is 0 Å². The van der Waals surface area contributed by atoms with Crippen molar-refractivity contribution in [1.82, 2.24) is 5.32 Å². The van der Waals surface area contributed by atoms with E-state index in [0.29, 0.717) is 12.0 Å². The van der Waals surface area contributed by atoms with Crippen LogP contribution in [-0.2, 0) is 11.3 Å². The second kappa shape index (κ2) is 6.36. The standard InChI is InChI=1S/C12H12BrFN2O/c1-2-8(6-15)12(17)16-7-9-5-10(13)3-4-11(9)14/h3-5,8H,2,7H2,1H3,(H,16,17). The van der Waals surface area contributed by atoms with Crippen LogP contribution in [0, 0.1) is 23.1 Å². The first-order valence-electron chi connectivity index (χ1n) is 5.19. The number of nitriles is 1. The fraction of sp³-hybridized carbons (Fsp3) is 0.333. The van der Waals surface area contributed by atoms with E-state index >= 15 is 0 Å². The van der Waals surface area contributed by atoms with E-state index in [2.05, 4.69) is 21.2 Å². The van der Waals surface area contributed by atoms with Crippen LogP contribution >= 0.6 is 15.9 Å². The van der Waals surface area contributed by atoms with Gasteiger partial charge in [-0.3, -0.25) is 4.79 Å². The Hall–Kier alpha value is -1.41. The van der Waals surface area contributed by atoms with Gasteiger partial charge in [0.15, 0.2) is 0 Å². The van der Waals surface area contributed by atoms with Crippen molar-refractivity contribution in [3.05, 3.63) is 34.1 Å². The monoisotopic (exact) mass is 298 g/mol. The quantitative estimate of drug-likeness (QED) is 0.929. The molecule has 1 N–H and O–H groups in total. The molecule has 0 bridgehead atoms. The number of carbonyl (C=O) groups is 1. The van der Waals surface area contributed by atoms with E-state index in [9.17, 15) is 9.18 Å². The van der Waals surface area contributed by atoms with Crippen LogP contribution in [0.3, 0.4) is 0 Å². The van der Waals surface area contributed by atoms with E-state index in [0.717, 1.165) is 4.47 Å². The summed E-state index contributed by atoms with van der Waals surface area (Å²) in [5, 5.41) is 11.2. The maximum absolute atomic E-state index is 13.3. The fourth-order valence-corrected chi connectivity index (χ4v) is 1.73. The van der Waals surface area contributed by atoms with E-state index in [1.165, 1.54) is 6.07 Å². The van der Waals surface area contributed by atoms with Crippen molar-refractivity contribution in [3.8, 4) is 6.07 Å². The Morgan fingerprint density at radius 1 is 1.65 bits per heavy atom. The Bertz CT molecular complexity index is 456. The third kappa shape index (κ3) is 3.82. The van der Waals surface area contributed by atoms with Crippen molar-refractivity contribution in [1.29, 1.82) is 5.26 Å². The summed E-state index contributed by atoms with van der Waals surface area (Å²) in [6.07, 6.45) is 0.448. The van der Waals surface area contributed by atoms with E-state index in [1.807, 2.05) is 6.07 Å². The molecule has 1 aromatic rings. The maximum atomic E-state index is 13.3. The van der Waals surface area contributed by atoms with Gasteiger partial charge in [-0.1, -0.05) is 22.9 Å². The van der Waals surface area contributed by atoms with Crippen molar-refractivity contribution in [2.45, 2.75) is 19.9 Å². The number of hydrogen-bond acceptors (Lipinski definition) is 2. The lowest BCUT2D eigenvalue weighted by molar-refractivity contribution is -0.123. The number of amides is 1. The van der Waals surface area contributed by atoms with Gasteiger partial charge in [-0.2, -0.15) is 5.26 Å². The number of hydrogen-bond donors (Lipinski definition) is 1. The minimum absolute atomic E-state index is 0.0856. The second-order valence-electron chi connectivity index (χ2n) is 3.54. The summed E-state index contributed by atoms with van der Waals surface area (Å²) in [7, 11) is 0. The van der Waals surface area contributed by atoms with Crippen molar-refractivity contribution < 1.29 is 9.18 Å². The highest BCUT2D eigenvalue weighted by molar-refractivity contribution is 9.10. The largest absolute Gasteiger partial charge is 0.351 e. The summed E-state index contributed by atoms with van der Waals surface area (Å²) < 4.78 is 14.1. The van der Waals surface area contributed by atoms with Crippen LogP contribution in [0.4, 0.5) is 4.39 Å². The number of carbonyl (C=O) groups excluding carboxylic acids is 1. The van der Waals surface area contributed by atoms with Gasteiger partial charge < -0.3 is 5.32 Å². The third-order valence-corrected chi connectivity index (χ3v) is 2.83. The Labute approximate surface area is 108 Å². The topological polar surface area (TPSA) is 52.9 Å². The predicted octanol–water partition coefficient (Wildman–Crippen LogP) is 2.75. The number of nitrogens with zero attached hydrogens (tertiary/aromatic N) is 1. The number of halogens is 2. The minimum Gasteiger partial charge on any atom is -0.351 e. The SMILES string of the molecule is CCC(C#N)C(=O)NCc1cc(Br)ccc1F. The van der Waals surface area contributed by atoms with Crippen LogP contribution in [-0.4, -0.2) is 5.91 Å². The molecule has 0 spiro atoms. The molecule has 1 atom stereocenters. The van der Waals surface area contributed by atoms with Gasteiger partial charge in [0.05, 0.1) is 6.07 Å². The molecule has 1 rings (SSSR count). The molecule has 1 aromatic carbocycles. The summed E-state index contributed by atoms with van der Waals surface area (Å²) in [5.41, 5.74) is 0.389. The zero-order valence-electron chi connectivity index (χ0n) is 9.34. The Balaban J connectivity index is 2.65. The molecule has 1 unspecified atom stereocenters. The van der Waals surface area contributed by atoms with Crippen LogP contribution in [0.5, 0.6) is 0 Å². The van der Waals surface area contributed by atoms with Gasteiger partial charge in [-0.25, -0.2) is 4.39 Å². The highest BCUT2D eigenvalue weighted by Gasteiger charge is 2.15.